The molecule has 0 heterocycles. The topological polar surface area (TPSA) is 49.4 Å². The van der Waals surface area contributed by atoms with Crippen molar-refractivity contribution in [3.8, 4) is 0 Å². The zero-order valence-electron chi connectivity index (χ0n) is 18.5. The van der Waals surface area contributed by atoms with Gasteiger partial charge in [-0.05, 0) is 55.9 Å². The van der Waals surface area contributed by atoms with E-state index in [4.69, 9.17) is 0 Å². The fraction of sp³-hybridized carbons (Fsp3) is 0.462. The largest absolute Gasteiger partial charge is 0.352 e. The molecule has 0 bridgehead atoms. The average molecular weight is 407 g/mol. The Balaban J connectivity index is 1.75. The van der Waals surface area contributed by atoms with Crippen molar-refractivity contribution in [1.29, 1.82) is 0 Å². The van der Waals surface area contributed by atoms with Gasteiger partial charge in [0.2, 0.25) is 11.8 Å². The normalized spacial score (nSPS) is 15.4. The molecular weight excluding hydrogens is 372 g/mol. The highest BCUT2D eigenvalue weighted by atomic mass is 16.2. The first-order valence-electron chi connectivity index (χ1n) is 11.1. The van der Waals surface area contributed by atoms with Crippen molar-refractivity contribution in [2.45, 2.75) is 77.9 Å². The first-order valence-corrected chi connectivity index (χ1v) is 11.1. The highest BCUT2D eigenvalue weighted by Gasteiger charge is 2.28. The molecule has 1 unspecified atom stereocenters. The molecular formula is C26H34N2O2. The van der Waals surface area contributed by atoms with Crippen LogP contribution in [0.25, 0.3) is 0 Å². The molecule has 1 fully saturated rings. The summed E-state index contributed by atoms with van der Waals surface area (Å²) >= 11 is 0. The zero-order valence-corrected chi connectivity index (χ0v) is 18.5. The molecule has 1 aliphatic carbocycles. The molecule has 2 amide bonds. The van der Waals surface area contributed by atoms with Gasteiger partial charge >= 0.3 is 0 Å². The maximum absolute atomic E-state index is 13.3. The van der Waals surface area contributed by atoms with Crippen molar-refractivity contribution in [1.82, 2.24) is 10.2 Å². The Kier molecular flexibility index (Phi) is 7.67. The molecule has 0 aliphatic heterocycles. The number of amides is 2. The van der Waals surface area contributed by atoms with E-state index in [0.29, 0.717) is 13.0 Å². The number of hydrogen-bond donors (Lipinski definition) is 1. The molecule has 4 heteroatoms. The molecule has 0 aromatic heterocycles. The highest BCUT2D eigenvalue weighted by Crippen LogP contribution is 2.19. The molecule has 1 N–H and O–H groups in total. The van der Waals surface area contributed by atoms with Crippen LogP contribution >= 0.6 is 0 Å². The molecule has 0 saturated heterocycles. The van der Waals surface area contributed by atoms with Gasteiger partial charge in [-0.3, -0.25) is 9.59 Å². The van der Waals surface area contributed by atoms with Crippen LogP contribution in [0.5, 0.6) is 0 Å². The van der Waals surface area contributed by atoms with Gasteiger partial charge in [0.25, 0.3) is 0 Å². The summed E-state index contributed by atoms with van der Waals surface area (Å²) in [5, 5.41) is 3.19. The van der Waals surface area contributed by atoms with E-state index in [2.05, 4.69) is 31.3 Å². The summed E-state index contributed by atoms with van der Waals surface area (Å²) in [6, 6.07) is 15.8. The summed E-state index contributed by atoms with van der Waals surface area (Å²) in [6.45, 7) is 6.41. The van der Waals surface area contributed by atoms with Gasteiger partial charge < -0.3 is 10.2 Å². The molecule has 1 aliphatic rings. The van der Waals surface area contributed by atoms with Crippen LogP contribution < -0.4 is 5.32 Å². The second-order valence-corrected chi connectivity index (χ2v) is 8.62. The van der Waals surface area contributed by atoms with Crippen molar-refractivity contribution in [3.63, 3.8) is 0 Å². The summed E-state index contributed by atoms with van der Waals surface area (Å²) in [5.41, 5.74) is 4.41. The van der Waals surface area contributed by atoms with Crippen molar-refractivity contribution < 1.29 is 9.59 Å². The van der Waals surface area contributed by atoms with Crippen molar-refractivity contribution in [3.05, 3.63) is 70.8 Å². The van der Waals surface area contributed by atoms with Crippen molar-refractivity contribution >= 4 is 11.8 Å². The lowest BCUT2D eigenvalue weighted by Gasteiger charge is -2.31. The zero-order chi connectivity index (χ0) is 21.5. The van der Waals surface area contributed by atoms with Crippen LogP contribution in [-0.2, 0) is 22.6 Å². The monoisotopic (exact) mass is 406 g/mol. The minimum absolute atomic E-state index is 0.0200. The molecule has 30 heavy (non-hydrogen) atoms. The fourth-order valence-electron chi connectivity index (χ4n) is 4.12. The van der Waals surface area contributed by atoms with E-state index in [1.807, 2.05) is 43.3 Å². The molecule has 3 rings (SSSR count). The minimum Gasteiger partial charge on any atom is -0.352 e. The third kappa shape index (κ3) is 5.94. The predicted molar refractivity (Wildman–Crippen MR) is 121 cm³/mol. The van der Waals surface area contributed by atoms with E-state index in [9.17, 15) is 9.59 Å². The lowest BCUT2D eigenvalue weighted by atomic mass is 9.95. The van der Waals surface area contributed by atoms with Gasteiger partial charge in [0, 0.05) is 12.6 Å². The van der Waals surface area contributed by atoms with Gasteiger partial charge in [0.1, 0.15) is 6.04 Å². The smallest absolute Gasteiger partial charge is 0.242 e. The van der Waals surface area contributed by atoms with Gasteiger partial charge in [-0.25, -0.2) is 0 Å². The lowest BCUT2D eigenvalue weighted by Crippen LogP contribution is -2.50. The number of hydrogen-bond acceptors (Lipinski definition) is 2. The van der Waals surface area contributed by atoms with Crippen molar-refractivity contribution in [2.24, 2.45) is 0 Å². The maximum atomic E-state index is 13.3. The number of benzene rings is 2. The number of nitrogens with one attached hydrogen (secondary N) is 1. The fourth-order valence-corrected chi connectivity index (χ4v) is 4.12. The van der Waals surface area contributed by atoms with E-state index >= 15 is 0 Å². The van der Waals surface area contributed by atoms with Crippen LogP contribution in [0.2, 0.25) is 0 Å². The van der Waals surface area contributed by atoms with E-state index in [0.717, 1.165) is 24.0 Å². The number of aryl methyl sites for hydroxylation is 2. The van der Waals surface area contributed by atoms with Gasteiger partial charge in [-0.2, -0.15) is 0 Å². The Labute approximate surface area is 180 Å². The van der Waals surface area contributed by atoms with Crippen LogP contribution in [0.3, 0.4) is 0 Å². The third-order valence-corrected chi connectivity index (χ3v) is 6.24. The van der Waals surface area contributed by atoms with Gasteiger partial charge in [-0.1, -0.05) is 67.8 Å². The van der Waals surface area contributed by atoms with Gasteiger partial charge in [0.15, 0.2) is 0 Å². The van der Waals surface area contributed by atoms with Gasteiger partial charge in [-0.15, -0.1) is 0 Å². The molecule has 2 aromatic carbocycles. The predicted octanol–water partition coefficient (Wildman–Crippen LogP) is 4.71. The number of rotatable bonds is 7. The molecule has 0 spiro atoms. The van der Waals surface area contributed by atoms with Gasteiger partial charge in [0.05, 0.1) is 6.42 Å². The number of carbonyl (C=O) groups is 2. The average Bonchev–Trinajstić information content (AvgIpc) is 2.75. The van der Waals surface area contributed by atoms with Crippen molar-refractivity contribution in [2.75, 3.05) is 0 Å². The van der Waals surface area contributed by atoms with Crippen LogP contribution in [-0.4, -0.2) is 28.8 Å². The third-order valence-electron chi connectivity index (χ3n) is 6.24. The molecule has 2 aromatic rings. The summed E-state index contributed by atoms with van der Waals surface area (Å²) in [6.07, 6.45) is 5.95. The second kappa shape index (κ2) is 10.4. The van der Waals surface area contributed by atoms with E-state index in [1.54, 1.807) is 4.90 Å². The molecule has 1 atom stereocenters. The SMILES string of the molecule is Cc1ccc(CC(=O)N(Cc2ccccc2)C(C)C(=O)NC2CCCCC2)cc1C. The first-order chi connectivity index (χ1) is 14.4. The highest BCUT2D eigenvalue weighted by molar-refractivity contribution is 5.88. The molecule has 0 radical (unpaired) electrons. The summed E-state index contributed by atoms with van der Waals surface area (Å²) in [7, 11) is 0. The lowest BCUT2D eigenvalue weighted by molar-refractivity contribution is -0.140. The van der Waals surface area contributed by atoms with Crippen LogP contribution in [0.1, 0.15) is 61.3 Å². The Hall–Kier alpha value is -2.62. The Morgan fingerprint density at radius 1 is 0.967 bits per heavy atom. The van der Waals surface area contributed by atoms with Crippen LogP contribution in [0.4, 0.5) is 0 Å². The quantitative estimate of drug-likeness (QED) is 0.724. The summed E-state index contributed by atoms with van der Waals surface area (Å²) < 4.78 is 0. The second-order valence-electron chi connectivity index (χ2n) is 8.62. The summed E-state index contributed by atoms with van der Waals surface area (Å²) in [5.74, 6) is -0.0698. The first kappa shape index (κ1) is 22.1. The Morgan fingerprint density at radius 3 is 2.33 bits per heavy atom. The van der Waals surface area contributed by atoms with E-state index in [-0.39, 0.29) is 17.9 Å². The van der Waals surface area contributed by atoms with Crippen LogP contribution in [0.15, 0.2) is 48.5 Å². The Bertz CT molecular complexity index is 857. The minimum atomic E-state index is -0.508. The summed E-state index contributed by atoms with van der Waals surface area (Å²) in [4.78, 5) is 28.0. The molecule has 160 valence electrons. The maximum Gasteiger partial charge on any atom is 0.242 e. The molecule has 1 saturated carbocycles. The van der Waals surface area contributed by atoms with E-state index < -0.39 is 6.04 Å². The van der Waals surface area contributed by atoms with Crippen LogP contribution in [0, 0.1) is 13.8 Å². The Morgan fingerprint density at radius 2 is 1.67 bits per heavy atom. The number of nitrogens with zero attached hydrogens (tertiary/aromatic N) is 1. The molecule has 4 nitrogen and oxygen atoms in total. The van der Waals surface area contributed by atoms with E-state index in [1.165, 1.54) is 30.4 Å². The number of carbonyl (C=O) groups excluding carboxylic acids is 2. The standard InChI is InChI=1S/C26H34N2O2/c1-19-14-15-23(16-20(19)2)17-25(29)28(18-22-10-6-4-7-11-22)21(3)26(30)27-24-12-8-5-9-13-24/h4,6-7,10-11,14-16,21,24H,5,8-9,12-13,17-18H2,1-3H3,(H,27,30).